The molecule has 0 aliphatic carbocycles. The molecule has 2 aromatic heterocycles. The van der Waals surface area contributed by atoms with Crippen LogP contribution in [0.5, 0.6) is 0 Å². The van der Waals surface area contributed by atoms with Crippen LogP contribution in [-0.4, -0.2) is 14.3 Å². The molecule has 1 amide bonds. The van der Waals surface area contributed by atoms with Gasteiger partial charge in [0.2, 0.25) is 10.0 Å². The van der Waals surface area contributed by atoms with Crippen LogP contribution < -0.4 is 10.0 Å². The Morgan fingerprint density at radius 3 is 2.27 bits per heavy atom. The molecule has 0 spiro atoms. The quantitative estimate of drug-likeness (QED) is 0.662. The van der Waals surface area contributed by atoms with Crippen LogP contribution in [0.2, 0.25) is 0 Å². The second kappa shape index (κ2) is 7.59. The number of nitrogens with one attached hydrogen (secondary N) is 2. The fourth-order valence-corrected chi connectivity index (χ4v) is 3.37. The largest absolute Gasteiger partial charge is 0.468 e. The molecule has 0 saturated carbocycles. The first-order valence-electron chi connectivity index (χ1n) is 7.89. The van der Waals surface area contributed by atoms with E-state index in [2.05, 4.69) is 10.0 Å². The van der Waals surface area contributed by atoms with Crippen molar-refractivity contribution in [3.63, 3.8) is 0 Å². The number of amides is 1. The molecule has 0 aliphatic rings. The summed E-state index contributed by atoms with van der Waals surface area (Å²) >= 11 is 0. The molecule has 0 atom stereocenters. The monoisotopic (exact) mass is 374 g/mol. The Labute approximate surface area is 151 Å². The van der Waals surface area contributed by atoms with E-state index < -0.39 is 10.0 Å². The van der Waals surface area contributed by atoms with Crippen molar-refractivity contribution in [1.29, 1.82) is 0 Å². The molecule has 1 aromatic carbocycles. The molecule has 2 N–H and O–H groups in total. The number of carbonyl (C=O) groups excluding carboxylic acids is 1. The first-order valence-corrected chi connectivity index (χ1v) is 9.37. The van der Waals surface area contributed by atoms with E-state index in [4.69, 9.17) is 8.83 Å². The molecule has 136 valence electrons. The van der Waals surface area contributed by atoms with E-state index in [0.29, 0.717) is 17.1 Å². The van der Waals surface area contributed by atoms with Gasteiger partial charge in [0.05, 0.1) is 30.5 Å². The molecule has 0 fully saturated rings. The van der Waals surface area contributed by atoms with E-state index in [1.54, 1.807) is 37.3 Å². The summed E-state index contributed by atoms with van der Waals surface area (Å²) in [6.07, 6.45) is 2.99. The van der Waals surface area contributed by atoms with E-state index in [-0.39, 0.29) is 29.5 Å². The first-order chi connectivity index (χ1) is 12.5. The van der Waals surface area contributed by atoms with Crippen molar-refractivity contribution in [3.8, 4) is 0 Å². The Bertz CT molecular complexity index is 977. The minimum Gasteiger partial charge on any atom is -0.468 e. The zero-order valence-corrected chi connectivity index (χ0v) is 14.9. The highest BCUT2D eigenvalue weighted by Crippen LogP contribution is 2.16. The second-order valence-corrected chi connectivity index (χ2v) is 7.41. The number of hydrogen-bond donors (Lipinski definition) is 2. The van der Waals surface area contributed by atoms with Crippen LogP contribution in [0.15, 0.2) is 68.7 Å². The number of aryl methyl sites for hydroxylation is 1. The van der Waals surface area contributed by atoms with Gasteiger partial charge in [0, 0.05) is 5.56 Å². The van der Waals surface area contributed by atoms with Crippen molar-refractivity contribution in [1.82, 2.24) is 10.0 Å². The zero-order chi connectivity index (χ0) is 18.6. The van der Waals surface area contributed by atoms with Gasteiger partial charge in [-0.1, -0.05) is 6.07 Å². The number of hydrogen-bond acceptors (Lipinski definition) is 5. The van der Waals surface area contributed by atoms with Gasteiger partial charge in [0.25, 0.3) is 5.91 Å². The molecule has 0 radical (unpaired) electrons. The maximum atomic E-state index is 12.5. The van der Waals surface area contributed by atoms with Crippen LogP contribution in [0.4, 0.5) is 0 Å². The first kappa shape index (κ1) is 18.0. The Hall–Kier alpha value is -2.84. The van der Waals surface area contributed by atoms with Gasteiger partial charge in [0.15, 0.2) is 0 Å². The van der Waals surface area contributed by atoms with E-state index in [1.807, 2.05) is 0 Å². The average Bonchev–Trinajstić information content (AvgIpc) is 3.32. The van der Waals surface area contributed by atoms with Crippen LogP contribution in [0.1, 0.15) is 27.4 Å². The summed E-state index contributed by atoms with van der Waals surface area (Å²) in [6, 6.07) is 11.2. The predicted molar refractivity (Wildman–Crippen MR) is 93.8 cm³/mol. The lowest BCUT2D eigenvalue weighted by Gasteiger charge is -2.10. The van der Waals surface area contributed by atoms with Gasteiger partial charge in [-0.15, -0.1) is 0 Å². The molecule has 0 aliphatic heterocycles. The third-order valence-electron chi connectivity index (χ3n) is 3.78. The van der Waals surface area contributed by atoms with Crippen LogP contribution in [0.25, 0.3) is 0 Å². The highest BCUT2D eigenvalue weighted by Gasteiger charge is 2.18. The molecular weight excluding hydrogens is 356 g/mol. The minimum atomic E-state index is -3.78. The molecule has 3 aromatic rings. The van der Waals surface area contributed by atoms with E-state index in [1.165, 1.54) is 24.7 Å². The van der Waals surface area contributed by atoms with Gasteiger partial charge in [-0.05, 0) is 48.9 Å². The normalized spacial score (nSPS) is 11.4. The van der Waals surface area contributed by atoms with Crippen molar-refractivity contribution >= 4 is 15.9 Å². The van der Waals surface area contributed by atoms with Crippen molar-refractivity contribution < 1.29 is 22.0 Å². The summed E-state index contributed by atoms with van der Waals surface area (Å²) in [5.74, 6) is 0.735. The fraction of sp³-hybridized carbons (Fsp3) is 0.167. The van der Waals surface area contributed by atoms with Crippen molar-refractivity contribution in [2.75, 3.05) is 0 Å². The molecule has 3 rings (SSSR count). The number of benzene rings is 1. The lowest BCUT2D eigenvalue weighted by molar-refractivity contribution is 0.0947. The molecule has 2 heterocycles. The number of carbonyl (C=O) groups is 1. The van der Waals surface area contributed by atoms with Gasteiger partial charge < -0.3 is 14.2 Å². The fourth-order valence-electron chi connectivity index (χ4n) is 2.35. The van der Waals surface area contributed by atoms with Crippen molar-refractivity contribution in [3.05, 3.63) is 77.6 Å². The lowest BCUT2D eigenvalue weighted by Crippen LogP contribution is -2.26. The third kappa shape index (κ3) is 4.22. The summed E-state index contributed by atoms with van der Waals surface area (Å²) < 4.78 is 37.6. The Kier molecular flexibility index (Phi) is 5.24. The summed E-state index contributed by atoms with van der Waals surface area (Å²) in [6.45, 7) is 2.00. The van der Waals surface area contributed by atoms with Crippen molar-refractivity contribution in [2.24, 2.45) is 0 Å². The SMILES string of the molecule is Cc1ccc(S(=O)(=O)NCc2ccco2)cc1C(=O)NCc1ccco1. The summed E-state index contributed by atoms with van der Waals surface area (Å²) in [7, 11) is -3.78. The van der Waals surface area contributed by atoms with Crippen LogP contribution in [0, 0.1) is 6.92 Å². The average molecular weight is 374 g/mol. The molecule has 8 heteroatoms. The molecule has 7 nitrogen and oxygen atoms in total. The van der Waals surface area contributed by atoms with Gasteiger partial charge in [0.1, 0.15) is 11.5 Å². The van der Waals surface area contributed by atoms with Crippen LogP contribution in [-0.2, 0) is 23.1 Å². The summed E-state index contributed by atoms with van der Waals surface area (Å²) in [4.78, 5) is 12.4. The number of furan rings is 2. The molecule has 0 bridgehead atoms. The number of sulfonamides is 1. The Balaban J connectivity index is 1.74. The Morgan fingerprint density at radius 2 is 1.65 bits per heavy atom. The second-order valence-electron chi connectivity index (χ2n) is 5.64. The van der Waals surface area contributed by atoms with E-state index in [9.17, 15) is 13.2 Å². The molecule has 26 heavy (non-hydrogen) atoms. The van der Waals surface area contributed by atoms with Gasteiger partial charge in [-0.25, -0.2) is 13.1 Å². The highest BCUT2D eigenvalue weighted by molar-refractivity contribution is 7.89. The molecule has 0 unspecified atom stereocenters. The highest BCUT2D eigenvalue weighted by atomic mass is 32.2. The molecule has 0 saturated heterocycles. The zero-order valence-electron chi connectivity index (χ0n) is 14.1. The smallest absolute Gasteiger partial charge is 0.251 e. The number of rotatable bonds is 7. The van der Waals surface area contributed by atoms with Crippen LogP contribution >= 0.6 is 0 Å². The van der Waals surface area contributed by atoms with E-state index in [0.717, 1.165) is 0 Å². The standard InChI is InChI=1S/C18H18N2O5S/c1-13-6-7-16(26(22,23)20-12-15-5-3-9-25-15)10-17(13)18(21)19-11-14-4-2-8-24-14/h2-10,20H,11-12H2,1H3,(H,19,21). The summed E-state index contributed by atoms with van der Waals surface area (Å²) in [5.41, 5.74) is 0.962. The summed E-state index contributed by atoms with van der Waals surface area (Å²) in [5, 5.41) is 2.71. The predicted octanol–water partition coefficient (Wildman–Crippen LogP) is 2.59. The minimum absolute atomic E-state index is 0.0119. The van der Waals surface area contributed by atoms with Gasteiger partial charge >= 0.3 is 0 Å². The van der Waals surface area contributed by atoms with Gasteiger partial charge in [-0.3, -0.25) is 4.79 Å². The van der Waals surface area contributed by atoms with Gasteiger partial charge in [-0.2, -0.15) is 0 Å². The van der Waals surface area contributed by atoms with E-state index >= 15 is 0 Å². The third-order valence-corrected chi connectivity index (χ3v) is 5.18. The Morgan fingerprint density at radius 1 is 1.00 bits per heavy atom. The van der Waals surface area contributed by atoms with Crippen LogP contribution in [0.3, 0.4) is 0 Å². The molecular formula is C18H18N2O5S. The topological polar surface area (TPSA) is 102 Å². The lowest BCUT2D eigenvalue weighted by atomic mass is 10.1. The van der Waals surface area contributed by atoms with Crippen molar-refractivity contribution in [2.45, 2.75) is 24.9 Å². The maximum Gasteiger partial charge on any atom is 0.251 e. The maximum absolute atomic E-state index is 12.5.